The van der Waals surface area contributed by atoms with E-state index in [1.165, 1.54) is 5.69 Å². The molecule has 0 spiro atoms. The van der Waals surface area contributed by atoms with E-state index in [2.05, 4.69) is 9.88 Å². The highest BCUT2D eigenvalue weighted by Gasteiger charge is 2.06. The molecule has 106 valence electrons. The molecule has 0 atom stereocenters. The Morgan fingerprint density at radius 2 is 1.95 bits per heavy atom. The molecule has 0 unspecified atom stereocenters. The second kappa shape index (κ2) is 6.28. The molecule has 0 bridgehead atoms. The van der Waals surface area contributed by atoms with Gasteiger partial charge >= 0.3 is 0 Å². The normalized spacial score (nSPS) is 10.3. The summed E-state index contributed by atoms with van der Waals surface area (Å²) in [6, 6.07) is 11.7. The molecule has 2 aromatic rings. The fourth-order valence-corrected chi connectivity index (χ4v) is 1.95. The molecule has 4 heteroatoms. The zero-order chi connectivity index (χ0) is 14.5. The molecule has 1 amide bonds. The zero-order valence-corrected chi connectivity index (χ0v) is 12.1. The lowest BCUT2D eigenvalue weighted by Gasteiger charge is -2.10. The summed E-state index contributed by atoms with van der Waals surface area (Å²) in [5.74, 6) is 0.629. The summed E-state index contributed by atoms with van der Waals surface area (Å²) in [5.41, 5.74) is 3.27. The van der Waals surface area contributed by atoms with Gasteiger partial charge in [0.1, 0.15) is 5.75 Å². The maximum absolute atomic E-state index is 11.8. The molecule has 1 N–H and O–H groups in total. The fourth-order valence-electron chi connectivity index (χ4n) is 1.95. The standard InChI is InChI=1S/C16H20N2O2/c1-12-6-4-5-7-15(12)20-11-16(19)17-10-14-9-8-13(2)18(14)3/h4-9H,10-11H2,1-3H3,(H,17,19). The molecule has 0 saturated heterocycles. The van der Waals surface area contributed by atoms with Crippen molar-refractivity contribution in [2.45, 2.75) is 20.4 Å². The van der Waals surface area contributed by atoms with E-state index < -0.39 is 0 Å². The van der Waals surface area contributed by atoms with Crippen molar-refractivity contribution in [3.8, 4) is 5.75 Å². The molecule has 4 nitrogen and oxygen atoms in total. The number of carbonyl (C=O) groups excluding carboxylic acids is 1. The van der Waals surface area contributed by atoms with Crippen molar-refractivity contribution in [2.24, 2.45) is 7.05 Å². The monoisotopic (exact) mass is 272 g/mol. The van der Waals surface area contributed by atoms with Crippen LogP contribution >= 0.6 is 0 Å². The zero-order valence-electron chi connectivity index (χ0n) is 12.1. The van der Waals surface area contributed by atoms with E-state index >= 15 is 0 Å². The first-order chi connectivity index (χ1) is 9.58. The Labute approximate surface area is 119 Å². The van der Waals surface area contributed by atoms with Crippen LogP contribution < -0.4 is 10.1 Å². The highest BCUT2D eigenvalue weighted by Crippen LogP contribution is 2.15. The number of hydrogen-bond donors (Lipinski definition) is 1. The minimum absolute atomic E-state index is 0.0360. The van der Waals surface area contributed by atoms with Crippen LogP contribution in [-0.4, -0.2) is 17.1 Å². The van der Waals surface area contributed by atoms with E-state index in [0.717, 1.165) is 17.0 Å². The van der Waals surface area contributed by atoms with E-state index in [4.69, 9.17) is 4.74 Å². The number of nitrogens with zero attached hydrogens (tertiary/aromatic N) is 1. The Morgan fingerprint density at radius 3 is 2.60 bits per heavy atom. The summed E-state index contributed by atoms with van der Waals surface area (Å²) in [5, 5.41) is 2.86. The summed E-state index contributed by atoms with van der Waals surface area (Å²) in [7, 11) is 1.99. The summed E-state index contributed by atoms with van der Waals surface area (Å²) in [4.78, 5) is 11.8. The Morgan fingerprint density at radius 1 is 1.20 bits per heavy atom. The Kier molecular flexibility index (Phi) is 4.45. The van der Waals surface area contributed by atoms with E-state index in [-0.39, 0.29) is 12.5 Å². The molecule has 0 aliphatic carbocycles. The first-order valence-electron chi connectivity index (χ1n) is 6.64. The predicted molar refractivity (Wildman–Crippen MR) is 78.7 cm³/mol. The molecule has 0 radical (unpaired) electrons. The SMILES string of the molecule is Cc1ccccc1OCC(=O)NCc1ccc(C)n1C. The Balaban J connectivity index is 1.82. The maximum Gasteiger partial charge on any atom is 0.258 e. The second-order valence-corrected chi connectivity index (χ2v) is 4.86. The van der Waals surface area contributed by atoms with Crippen LogP contribution in [-0.2, 0) is 18.4 Å². The van der Waals surface area contributed by atoms with Gasteiger partial charge in [0.25, 0.3) is 5.91 Å². The van der Waals surface area contributed by atoms with Gasteiger partial charge in [-0.3, -0.25) is 4.79 Å². The fraction of sp³-hybridized carbons (Fsp3) is 0.312. The van der Waals surface area contributed by atoms with Crippen molar-refractivity contribution in [1.82, 2.24) is 9.88 Å². The van der Waals surface area contributed by atoms with E-state index in [1.807, 2.05) is 57.3 Å². The van der Waals surface area contributed by atoms with Gasteiger partial charge in [-0.25, -0.2) is 0 Å². The summed E-state index contributed by atoms with van der Waals surface area (Å²) < 4.78 is 7.56. The van der Waals surface area contributed by atoms with Crippen molar-refractivity contribution in [3.63, 3.8) is 0 Å². The third-order valence-corrected chi connectivity index (χ3v) is 3.40. The van der Waals surface area contributed by atoms with Gasteiger partial charge in [0.15, 0.2) is 6.61 Å². The number of ether oxygens (including phenoxy) is 1. The molecule has 1 aromatic heterocycles. The van der Waals surface area contributed by atoms with Crippen LogP contribution in [0, 0.1) is 13.8 Å². The van der Waals surface area contributed by atoms with Gasteiger partial charge in [-0.15, -0.1) is 0 Å². The molecule has 0 aliphatic rings. The van der Waals surface area contributed by atoms with Crippen LogP contribution in [0.5, 0.6) is 5.75 Å². The molecular weight excluding hydrogens is 252 g/mol. The average Bonchev–Trinajstić information content (AvgIpc) is 2.76. The lowest BCUT2D eigenvalue weighted by atomic mass is 10.2. The van der Waals surface area contributed by atoms with Gasteiger partial charge in [0, 0.05) is 18.4 Å². The molecule has 1 heterocycles. The van der Waals surface area contributed by atoms with Crippen LogP contribution in [0.25, 0.3) is 0 Å². The van der Waals surface area contributed by atoms with Crippen LogP contribution in [0.15, 0.2) is 36.4 Å². The van der Waals surface area contributed by atoms with Crippen molar-refractivity contribution in [2.75, 3.05) is 6.61 Å². The highest BCUT2D eigenvalue weighted by atomic mass is 16.5. The largest absolute Gasteiger partial charge is 0.484 e. The third kappa shape index (κ3) is 3.41. The highest BCUT2D eigenvalue weighted by molar-refractivity contribution is 5.77. The smallest absolute Gasteiger partial charge is 0.258 e. The number of aryl methyl sites for hydroxylation is 2. The topological polar surface area (TPSA) is 43.3 Å². The number of rotatable bonds is 5. The lowest BCUT2D eigenvalue weighted by Crippen LogP contribution is -2.29. The van der Waals surface area contributed by atoms with E-state index in [0.29, 0.717) is 6.54 Å². The maximum atomic E-state index is 11.8. The van der Waals surface area contributed by atoms with Crippen molar-refractivity contribution >= 4 is 5.91 Å². The van der Waals surface area contributed by atoms with E-state index in [9.17, 15) is 4.79 Å². The molecule has 20 heavy (non-hydrogen) atoms. The number of aromatic nitrogens is 1. The average molecular weight is 272 g/mol. The molecule has 1 aromatic carbocycles. The molecule has 0 fully saturated rings. The number of nitrogens with one attached hydrogen (secondary N) is 1. The van der Waals surface area contributed by atoms with Crippen LogP contribution in [0.3, 0.4) is 0 Å². The summed E-state index contributed by atoms with van der Waals surface area (Å²) >= 11 is 0. The van der Waals surface area contributed by atoms with Crippen LogP contribution in [0.1, 0.15) is 17.0 Å². The third-order valence-electron chi connectivity index (χ3n) is 3.40. The quantitative estimate of drug-likeness (QED) is 0.908. The van der Waals surface area contributed by atoms with Crippen LogP contribution in [0.4, 0.5) is 0 Å². The van der Waals surface area contributed by atoms with Gasteiger partial charge in [0.2, 0.25) is 0 Å². The number of carbonyl (C=O) groups is 1. The van der Waals surface area contributed by atoms with Gasteiger partial charge in [-0.2, -0.15) is 0 Å². The van der Waals surface area contributed by atoms with Crippen molar-refractivity contribution < 1.29 is 9.53 Å². The minimum Gasteiger partial charge on any atom is -0.484 e. The van der Waals surface area contributed by atoms with Crippen molar-refractivity contribution in [1.29, 1.82) is 0 Å². The van der Waals surface area contributed by atoms with Crippen molar-refractivity contribution in [3.05, 3.63) is 53.3 Å². The predicted octanol–water partition coefficient (Wildman–Crippen LogP) is 2.34. The number of hydrogen-bond acceptors (Lipinski definition) is 2. The molecular formula is C16H20N2O2. The van der Waals surface area contributed by atoms with Gasteiger partial charge in [-0.05, 0) is 37.6 Å². The summed E-state index contributed by atoms with van der Waals surface area (Å²) in [6.07, 6.45) is 0. The van der Waals surface area contributed by atoms with E-state index in [1.54, 1.807) is 0 Å². The van der Waals surface area contributed by atoms with Crippen LogP contribution in [0.2, 0.25) is 0 Å². The lowest BCUT2D eigenvalue weighted by molar-refractivity contribution is -0.123. The molecule has 0 saturated carbocycles. The van der Waals surface area contributed by atoms with Gasteiger partial charge < -0.3 is 14.6 Å². The Bertz CT molecular complexity index is 602. The molecule has 2 rings (SSSR count). The number of amides is 1. The Hall–Kier alpha value is -2.23. The first kappa shape index (κ1) is 14.2. The summed E-state index contributed by atoms with van der Waals surface area (Å²) in [6.45, 7) is 4.54. The second-order valence-electron chi connectivity index (χ2n) is 4.86. The number of para-hydroxylation sites is 1. The minimum atomic E-state index is -0.118. The van der Waals surface area contributed by atoms with Gasteiger partial charge in [-0.1, -0.05) is 18.2 Å². The molecule has 0 aliphatic heterocycles. The van der Waals surface area contributed by atoms with Gasteiger partial charge in [0.05, 0.1) is 6.54 Å². The number of benzene rings is 1. The first-order valence-corrected chi connectivity index (χ1v) is 6.64.